The molecule has 0 aliphatic carbocycles. The Labute approximate surface area is 168 Å². The van der Waals surface area contributed by atoms with Crippen molar-refractivity contribution < 1.29 is 14.3 Å². The molecule has 3 rings (SSSR count). The second-order valence-electron chi connectivity index (χ2n) is 6.12. The van der Waals surface area contributed by atoms with E-state index in [4.69, 9.17) is 21.1 Å². The third-order valence-corrected chi connectivity index (χ3v) is 4.40. The first-order valence-electron chi connectivity index (χ1n) is 8.83. The summed E-state index contributed by atoms with van der Waals surface area (Å²) in [4.78, 5) is 12.2. The van der Waals surface area contributed by atoms with Crippen molar-refractivity contribution in [2.75, 3.05) is 13.7 Å². The number of hydrogen-bond donors (Lipinski definition) is 1. The lowest BCUT2D eigenvalue weighted by Crippen LogP contribution is -2.26. The summed E-state index contributed by atoms with van der Waals surface area (Å²) in [7, 11) is 1.61. The van der Waals surface area contributed by atoms with Crippen LogP contribution in [0.4, 0.5) is 0 Å². The van der Waals surface area contributed by atoms with Crippen molar-refractivity contribution in [1.82, 2.24) is 24.9 Å². The average molecular weight is 404 g/mol. The molecule has 0 saturated carbocycles. The summed E-state index contributed by atoms with van der Waals surface area (Å²) >= 11 is 5.97. The Hall–Kier alpha value is -3.00. The molecule has 0 unspecified atom stereocenters. The maximum Gasteiger partial charge on any atom is 0.271 e. The fourth-order valence-corrected chi connectivity index (χ4v) is 2.66. The van der Waals surface area contributed by atoms with Gasteiger partial charge in [-0.1, -0.05) is 11.6 Å². The predicted molar refractivity (Wildman–Crippen MR) is 105 cm³/mol. The Bertz CT molecular complexity index is 901. The van der Waals surface area contributed by atoms with Gasteiger partial charge in [-0.15, -0.1) is 0 Å². The van der Waals surface area contributed by atoms with Crippen LogP contribution < -0.4 is 14.8 Å². The molecule has 2 heterocycles. The first-order chi connectivity index (χ1) is 13.5. The maximum atomic E-state index is 12.2. The number of ether oxygens (including phenoxy) is 2. The number of aromatic nitrogens is 4. The van der Waals surface area contributed by atoms with Crippen molar-refractivity contribution in [3.63, 3.8) is 0 Å². The molecule has 0 aliphatic heterocycles. The second kappa shape index (κ2) is 9.27. The molecular formula is C19H22ClN5O3. The summed E-state index contributed by atoms with van der Waals surface area (Å²) in [6.07, 6.45) is 4.22. The number of halogens is 1. The predicted octanol–water partition coefficient (Wildman–Crippen LogP) is 2.91. The zero-order valence-corrected chi connectivity index (χ0v) is 16.5. The molecule has 0 spiro atoms. The number of methoxy groups -OCH3 is 1. The van der Waals surface area contributed by atoms with Crippen LogP contribution in [-0.2, 0) is 13.3 Å². The maximum absolute atomic E-state index is 12.2. The van der Waals surface area contributed by atoms with Crippen LogP contribution in [0.1, 0.15) is 22.6 Å². The standard InChI is InChI=1S/C19H22ClN5O3/c1-14-17(20)12-24(22-14)10-3-9-21-19(26)18-8-11-25(23-18)13-28-16-6-4-15(27-2)5-7-16/h4-8,11-12H,3,9-10,13H2,1-2H3,(H,21,26). The molecule has 0 radical (unpaired) electrons. The van der Waals surface area contributed by atoms with E-state index < -0.39 is 0 Å². The Morgan fingerprint density at radius 1 is 1.14 bits per heavy atom. The van der Waals surface area contributed by atoms with Gasteiger partial charge < -0.3 is 14.8 Å². The SMILES string of the molecule is COc1ccc(OCn2ccc(C(=O)NCCCn3cc(Cl)c(C)n3)n2)cc1. The zero-order chi connectivity index (χ0) is 19.9. The van der Waals surface area contributed by atoms with Gasteiger partial charge in [-0.2, -0.15) is 10.2 Å². The van der Waals surface area contributed by atoms with Crippen molar-refractivity contribution in [2.45, 2.75) is 26.6 Å². The molecule has 1 aromatic carbocycles. The van der Waals surface area contributed by atoms with Crippen molar-refractivity contribution in [3.05, 3.63) is 59.1 Å². The first-order valence-corrected chi connectivity index (χ1v) is 9.21. The highest BCUT2D eigenvalue weighted by molar-refractivity contribution is 6.31. The number of hydrogen-bond acceptors (Lipinski definition) is 5. The van der Waals surface area contributed by atoms with E-state index in [-0.39, 0.29) is 12.6 Å². The number of benzene rings is 1. The lowest BCUT2D eigenvalue weighted by molar-refractivity contribution is 0.0945. The molecule has 1 N–H and O–H groups in total. The molecule has 0 saturated heterocycles. The van der Waals surface area contributed by atoms with E-state index in [1.54, 1.807) is 34.9 Å². The van der Waals surface area contributed by atoms with Crippen LogP contribution in [0.25, 0.3) is 0 Å². The molecule has 0 bridgehead atoms. The van der Waals surface area contributed by atoms with Gasteiger partial charge in [0.25, 0.3) is 5.91 Å². The van der Waals surface area contributed by atoms with Crippen molar-refractivity contribution in [1.29, 1.82) is 0 Å². The molecule has 148 valence electrons. The summed E-state index contributed by atoms with van der Waals surface area (Å²) in [5.41, 5.74) is 1.14. The fraction of sp³-hybridized carbons (Fsp3) is 0.316. The number of carbonyl (C=O) groups is 1. The van der Waals surface area contributed by atoms with Crippen LogP contribution in [0, 0.1) is 6.92 Å². The van der Waals surface area contributed by atoms with Crippen LogP contribution in [0.15, 0.2) is 42.7 Å². The molecule has 9 heteroatoms. The van der Waals surface area contributed by atoms with Crippen LogP contribution in [0.3, 0.4) is 0 Å². The number of rotatable bonds is 9. The van der Waals surface area contributed by atoms with E-state index in [9.17, 15) is 4.79 Å². The number of carbonyl (C=O) groups excluding carboxylic acids is 1. The fourth-order valence-electron chi connectivity index (χ4n) is 2.51. The highest BCUT2D eigenvalue weighted by Crippen LogP contribution is 2.17. The van der Waals surface area contributed by atoms with E-state index in [2.05, 4.69) is 15.5 Å². The van der Waals surface area contributed by atoms with Crippen molar-refractivity contribution in [2.24, 2.45) is 0 Å². The monoisotopic (exact) mass is 403 g/mol. The first kappa shape index (κ1) is 19.8. The highest BCUT2D eigenvalue weighted by Gasteiger charge is 2.09. The van der Waals surface area contributed by atoms with Gasteiger partial charge in [0.05, 0.1) is 17.8 Å². The van der Waals surface area contributed by atoms with E-state index in [1.165, 1.54) is 0 Å². The van der Waals surface area contributed by atoms with Crippen LogP contribution in [-0.4, -0.2) is 39.1 Å². The van der Waals surface area contributed by atoms with Crippen LogP contribution in [0.2, 0.25) is 5.02 Å². The average Bonchev–Trinajstić information content (AvgIpc) is 3.30. The minimum Gasteiger partial charge on any atom is -0.497 e. The molecule has 3 aromatic rings. The molecule has 8 nitrogen and oxygen atoms in total. The van der Waals surface area contributed by atoms with Crippen LogP contribution in [0.5, 0.6) is 11.5 Å². The van der Waals surface area contributed by atoms with Gasteiger partial charge in [0.1, 0.15) is 17.2 Å². The summed E-state index contributed by atoms with van der Waals surface area (Å²) in [5, 5.41) is 12.0. The van der Waals surface area contributed by atoms with Gasteiger partial charge in [0.15, 0.2) is 6.73 Å². The summed E-state index contributed by atoms with van der Waals surface area (Å²) in [6.45, 7) is 3.26. The summed E-state index contributed by atoms with van der Waals surface area (Å²) < 4.78 is 14.1. The minimum absolute atomic E-state index is 0.207. The molecular weight excluding hydrogens is 382 g/mol. The second-order valence-corrected chi connectivity index (χ2v) is 6.53. The van der Waals surface area contributed by atoms with Gasteiger partial charge in [0, 0.05) is 25.5 Å². The van der Waals surface area contributed by atoms with E-state index in [1.807, 2.05) is 31.2 Å². The Morgan fingerprint density at radius 3 is 2.57 bits per heavy atom. The largest absolute Gasteiger partial charge is 0.497 e. The van der Waals surface area contributed by atoms with Crippen molar-refractivity contribution >= 4 is 17.5 Å². The molecule has 2 aromatic heterocycles. The van der Waals surface area contributed by atoms with E-state index in [0.717, 1.165) is 17.9 Å². The smallest absolute Gasteiger partial charge is 0.271 e. The third kappa shape index (κ3) is 5.26. The van der Waals surface area contributed by atoms with Gasteiger partial charge in [-0.05, 0) is 43.7 Å². The summed E-state index contributed by atoms with van der Waals surface area (Å²) in [5.74, 6) is 1.23. The highest BCUT2D eigenvalue weighted by atomic mass is 35.5. The van der Waals surface area contributed by atoms with Gasteiger partial charge in [-0.25, -0.2) is 4.68 Å². The molecule has 0 fully saturated rings. The quantitative estimate of drug-likeness (QED) is 0.555. The Morgan fingerprint density at radius 2 is 1.89 bits per heavy atom. The number of nitrogens with one attached hydrogen (secondary N) is 1. The van der Waals surface area contributed by atoms with Gasteiger partial charge >= 0.3 is 0 Å². The van der Waals surface area contributed by atoms with Gasteiger partial charge in [-0.3, -0.25) is 9.48 Å². The van der Waals surface area contributed by atoms with E-state index in [0.29, 0.717) is 29.6 Å². The normalized spacial score (nSPS) is 10.7. The number of nitrogens with zero attached hydrogens (tertiary/aromatic N) is 4. The van der Waals surface area contributed by atoms with E-state index >= 15 is 0 Å². The molecule has 0 aliphatic rings. The lowest BCUT2D eigenvalue weighted by Gasteiger charge is -2.07. The van der Waals surface area contributed by atoms with Gasteiger partial charge in [0.2, 0.25) is 0 Å². The number of amides is 1. The minimum atomic E-state index is -0.224. The molecule has 1 amide bonds. The number of aryl methyl sites for hydroxylation is 2. The zero-order valence-electron chi connectivity index (χ0n) is 15.8. The van der Waals surface area contributed by atoms with Crippen molar-refractivity contribution in [3.8, 4) is 11.5 Å². The van der Waals surface area contributed by atoms with Crippen LogP contribution >= 0.6 is 11.6 Å². The Balaban J connectivity index is 1.41. The summed E-state index contributed by atoms with van der Waals surface area (Å²) in [6, 6.07) is 8.91. The third-order valence-electron chi connectivity index (χ3n) is 4.03. The lowest BCUT2D eigenvalue weighted by atomic mass is 10.3. The Kier molecular flexibility index (Phi) is 6.54. The molecule has 28 heavy (non-hydrogen) atoms. The molecule has 0 atom stereocenters. The topological polar surface area (TPSA) is 83.2 Å².